The third-order valence-electron chi connectivity index (χ3n) is 4.64. The number of rotatable bonds is 6. The lowest BCUT2D eigenvalue weighted by atomic mass is 10.1. The minimum absolute atomic E-state index is 0.116. The van der Waals surface area contributed by atoms with Crippen LogP contribution in [-0.2, 0) is 4.79 Å². The van der Waals surface area contributed by atoms with Gasteiger partial charge in [-0.25, -0.2) is 0 Å². The van der Waals surface area contributed by atoms with Gasteiger partial charge in [0.2, 0.25) is 5.91 Å². The number of aryl methyl sites for hydroxylation is 2. The molecule has 0 aliphatic rings. The molecular weight excluding hydrogens is 463 g/mol. The molecule has 0 atom stereocenters. The van der Waals surface area contributed by atoms with Crippen molar-refractivity contribution in [1.82, 2.24) is 14.8 Å². The van der Waals surface area contributed by atoms with Gasteiger partial charge in [0, 0.05) is 27.0 Å². The molecule has 0 radical (unpaired) electrons. The molecule has 1 aromatic heterocycles. The zero-order valence-corrected chi connectivity index (χ0v) is 19.8. The SMILES string of the molecule is Cc1cc(C)cc(NC(=O)CSc2nnc(-c3cccc(Cl)c3)n2-c2ccc(Cl)cc2)c1. The van der Waals surface area contributed by atoms with Crippen molar-refractivity contribution in [3.63, 3.8) is 0 Å². The summed E-state index contributed by atoms with van der Waals surface area (Å²) in [5, 5.41) is 13.5. The Hall–Kier alpha value is -2.80. The van der Waals surface area contributed by atoms with Gasteiger partial charge in [-0.05, 0) is 73.5 Å². The van der Waals surface area contributed by atoms with E-state index >= 15 is 0 Å². The van der Waals surface area contributed by atoms with Crippen molar-refractivity contribution >= 4 is 46.6 Å². The van der Waals surface area contributed by atoms with E-state index in [1.54, 1.807) is 18.2 Å². The fraction of sp³-hybridized carbons (Fsp3) is 0.125. The predicted octanol–water partition coefficient (Wildman–Crippen LogP) is 6.59. The summed E-state index contributed by atoms with van der Waals surface area (Å²) < 4.78 is 1.90. The predicted molar refractivity (Wildman–Crippen MR) is 132 cm³/mol. The molecule has 0 bridgehead atoms. The van der Waals surface area contributed by atoms with E-state index in [0.717, 1.165) is 28.1 Å². The molecular formula is C24H20Cl2N4OS. The van der Waals surface area contributed by atoms with Crippen LogP contribution in [0.1, 0.15) is 11.1 Å². The molecule has 0 aliphatic carbocycles. The lowest BCUT2D eigenvalue weighted by molar-refractivity contribution is -0.113. The molecule has 8 heteroatoms. The van der Waals surface area contributed by atoms with E-state index in [1.807, 2.05) is 60.9 Å². The maximum atomic E-state index is 12.6. The second kappa shape index (κ2) is 9.77. The van der Waals surface area contributed by atoms with E-state index < -0.39 is 0 Å². The lowest BCUT2D eigenvalue weighted by Crippen LogP contribution is -2.14. The van der Waals surface area contributed by atoms with Crippen LogP contribution in [-0.4, -0.2) is 26.4 Å². The Balaban J connectivity index is 1.60. The summed E-state index contributed by atoms with van der Waals surface area (Å²) in [7, 11) is 0. The van der Waals surface area contributed by atoms with E-state index in [1.165, 1.54) is 11.8 Å². The highest BCUT2D eigenvalue weighted by atomic mass is 35.5. The number of amides is 1. The number of benzene rings is 3. The number of carbonyl (C=O) groups is 1. The summed E-state index contributed by atoms with van der Waals surface area (Å²) in [6, 6.07) is 20.8. The van der Waals surface area contributed by atoms with Crippen LogP contribution < -0.4 is 5.32 Å². The van der Waals surface area contributed by atoms with Gasteiger partial charge in [0.05, 0.1) is 5.75 Å². The molecule has 32 heavy (non-hydrogen) atoms. The van der Waals surface area contributed by atoms with Crippen molar-refractivity contribution in [1.29, 1.82) is 0 Å². The summed E-state index contributed by atoms with van der Waals surface area (Å²) in [6.45, 7) is 4.01. The second-order valence-corrected chi connectivity index (χ2v) is 9.16. The standard InChI is InChI=1S/C24H20Cl2N4OS/c1-15-10-16(2)12-20(11-15)27-22(31)14-32-24-29-28-23(17-4-3-5-19(26)13-17)30(24)21-8-6-18(25)7-9-21/h3-13H,14H2,1-2H3,(H,27,31). The Bertz CT molecular complexity index is 1250. The summed E-state index contributed by atoms with van der Waals surface area (Å²) in [6.07, 6.45) is 0. The minimum Gasteiger partial charge on any atom is -0.325 e. The fourth-order valence-corrected chi connectivity index (χ4v) is 4.44. The molecule has 3 aromatic carbocycles. The van der Waals surface area contributed by atoms with Crippen LogP contribution >= 0.6 is 35.0 Å². The van der Waals surface area contributed by atoms with Crippen molar-refractivity contribution in [3.8, 4) is 17.1 Å². The molecule has 0 spiro atoms. The van der Waals surface area contributed by atoms with Gasteiger partial charge in [0.1, 0.15) is 0 Å². The molecule has 5 nitrogen and oxygen atoms in total. The molecule has 0 saturated carbocycles. The first-order chi connectivity index (χ1) is 15.4. The van der Waals surface area contributed by atoms with Gasteiger partial charge < -0.3 is 5.32 Å². The zero-order chi connectivity index (χ0) is 22.7. The number of nitrogens with zero attached hydrogens (tertiary/aromatic N) is 3. The summed E-state index contributed by atoms with van der Waals surface area (Å²) >= 11 is 13.6. The van der Waals surface area contributed by atoms with Crippen LogP contribution in [0.3, 0.4) is 0 Å². The third-order valence-corrected chi connectivity index (χ3v) is 6.05. The smallest absolute Gasteiger partial charge is 0.234 e. The van der Waals surface area contributed by atoms with Crippen LogP contribution in [0.25, 0.3) is 17.1 Å². The van der Waals surface area contributed by atoms with Crippen molar-refractivity contribution in [2.75, 3.05) is 11.1 Å². The Labute approximate surface area is 200 Å². The van der Waals surface area contributed by atoms with Crippen molar-refractivity contribution in [2.45, 2.75) is 19.0 Å². The minimum atomic E-state index is -0.116. The molecule has 0 fully saturated rings. The monoisotopic (exact) mass is 482 g/mol. The quantitative estimate of drug-likeness (QED) is 0.315. The number of aromatic nitrogens is 3. The normalized spacial score (nSPS) is 10.9. The zero-order valence-electron chi connectivity index (χ0n) is 17.5. The first kappa shape index (κ1) is 22.4. The first-order valence-corrected chi connectivity index (χ1v) is 11.6. The van der Waals surface area contributed by atoms with Gasteiger partial charge in [0.25, 0.3) is 0 Å². The molecule has 0 aliphatic heterocycles. The number of thioether (sulfide) groups is 1. The molecule has 1 N–H and O–H groups in total. The fourth-order valence-electron chi connectivity index (χ4n) is 3.37. The van der Waals surface area contributed by atoms with Gasteiger partial charge in [-0.3, -0.25) is 9.36 Å². The average Bonchev–Trinajstić information content (AvgIpc) is 3.16. The number of hydrogen-bond acceptors (Lipinski definition) is 4. The molecule has 1 heterocycles. The van der Waals surface area contributed by atoms with Crippen LogP contribution in [0.2, 0.25) is 10.0 Å². The number of nitrogens with one attached hydrogen (secondary N) is 1. The largest absolute Gasteiger partial charge is 0.325 e. The highest BCUT2D eigenvalue weighted by molar-refractivity contribution is 7.99. The molecule has 0 saturated heterocycles. The molecule has 1 amide bonds. The van der Waals surface area contributed by atoms with Gasteiger partial charge in [-0.1, -0.05) is 53.2 Å². The van der Waals surface area contributed by atoms with E-state index in [2.05, 4.69) is 21.6 Å². The topological polar surface area (TPSA) is 59.8 Å². The van der Waals surface area contributed by atoms with Crippen LogP contribution in [0.15, 0.2) is 71.9 Å². The van der Waals surface area contributed by atoms with E-state index in [-0.39, 0.29) is 11.7 Å². The van der Waals surface area contributed by atoms with E-state index in [4.69, 9.17) is 23.2 Å². The van der Waals surface area contributed by atoms with Gasteiger partial charge in [-0.15, -0.1) is 10.2 Å². The van der Waals surface area contributed by atoms with Gasteiger partial charge >= 0.3 is 0 Å². The van der Waals surface area contributed by atoms with Crippen molar-refractivity contribution < 1.29 is 4.79 Å². The number of carbonyl (C=O) groups excluding carboxylic acids is 1. The van der Waals surface area contributed by atoms with E-state index in [9.17, 15) is 4.79 Å². The van der Waals surface area contributed by atoms with Crippen LogP contribution in [0.5, 0.6) is 0 Å². The Kier molecular flexibility index (Phi) is 6.84. The number of hydrogen-bond donors (Lipinski definition) is 1. The van der Waals surface area contributed by atoms with Gasteiger partial charge in [-0.2, -0.15) is 0 Å². The maximum Gasteiger partial charge on any atom is 0.234 e. The molecule has 162 valence electrons. The molecule has 0 unspecified atom stereocenters. The Morgan fingerprint density at radius 3 is 2.34 bits per heavy atom. The first-order valence-electron chi connectivity index (χ1n) is 9.87. The maximum absolute atomic E-state index is 12.6. The highest BCUT2D eigenvalue weighted by Crippen LogP contribution is 2.30. The summed E-state index contributed by atoms with van der Waals surface area (Å²) in [5.74, 6) is 0.704. The summed E-state index contributed by atoms with van der Waals surface area (Å²) in [4.78, 5) is 12.6. The third kappa shape index (κ3) is 5.33. The number of halogens is 2. The molecule has 4 aromatic rings. The Morgan fingerprint density at radius 1 is 0.938 bits per heavy atom. The van der Waals surface area contributed by atoms with E-state index in [0.29, 0.717) is 21.0 Å². The average molecular weight is 483 g/mol. The highest BCUT2D eigenvalue weighted by Gasteiger charge is 2.18. The molecule has 4 rings (SSSR count). The number of anilines is 1. The van der Waals surface area contributed by atoms with Crippen LogP contribution in [0.4, 0.5) is 5.69 Å². The van der Waals surface area contributed by atoms with Crippen molar-refractivity contribution in [2.24, 2.45) is 0 Å². The van der Waals surface area contributed by atoms with Gasteiger partial charge in [0.15, 0.2) is 11.0 Å². The lowest BCUT2D eigenvalue weighted by Gasteiger charge is -2.11. The van der Waals surface area contributed by atoms with Crippen molar-refractivity contribution in [3.05, 3.63) is 87.9 Å². The second-order valence-electron chi connectivity index (χ2n) is 7.34. The Morgan fingerprint density at radius 2 is 1.66 bits per heavy atom. The summed E-state index contributed by atoms with van der Waals surface area (Å²) in [5.41, 5.74) is 4.65. The van der Waals surface area contributed by atoms with Crippen LogP contribution in [0, 0.1) is 13.8 Å².